The second-order valence-electron chi connectivity index (χ2n) is 4.04. The summed E-state index contributed by atoms with van der Waals surface area (Å²) in [7, 11) is -0.107. The van der Waals surface area contributed by atoms with Crippen molar-refractivity contribution in [1.29, 1.82) is 0 Å². The zero-order valence-corrected chi connectivity index (χ0v) is 11.4. The molecule has 0 radical (unpaired) electrons. The summed E-state index contributed by atoms with van der Waals surface area (Å²) in [5.74, 6) is 0. The Morgan fingerprint density at radius 1 is 1.12 bits per heavy atom. The Morgan fingerprint density at radius 2 is 1.59 bits per heavy atom. The van der Waals surface area contributed by atoms with Crippen LogP contribution in [0.25, 0.3) is 0 Å². The van der Waals surface area contributed by atoms with Gasteiger partial charge in [-0.25, -0.2) is 0 Å². The molecule has 0 spiro atoms. The minimum atomic E-state index is -3.47. The highest BCUT2D eigenvalue weighted by atomic mass is 32.2. The first-order valence-corrected chi connectivity index (χ1v) is 6.84. The molecule has 0 aromatic heterocycles. The van der Waals surface area contributed by atoms with Gasteiger partial charge in [-0.2, -0.15) is 12.7 Å². The lowest BCUT2D eigenvalue weighted by Gasteiger charge is -2.21. The van der Waals surface area contributed by atoms with Crippen LogP contribution in [0.5, 0.6) is 0 Å². The molecule has 0 unspecified atom stereocenters. The van der Waals surface area contributed by atoms with Crippen molar-refractivity contribution in [3.63, 3.8) is 0 Å². The van der Waals surface area contributed by atoms with Crippen LogP contribution in [0.15, 0.2) is 24.3 Å². The van der Waals surface area contributed by atoms with E-state index in [2.05, 4.69) is 10.0 Å². The molecule has 0 aliphatic carbocycles. The van der Waals surface area contributed by atoms with Gasteiger partial charge in [-0.15, -0.1) is 0 Å². The fourth-order valence-corrected chi connectivity index (χ4v) is 2.34. The van der Waals surface area contributed by atoms with Crippen LogP contribution in [0.4, 0.5) is 11.4 Å². The summed E-state index contributed by atoms with van der Waals surface area (Å²) in [4.78, 5) is 0. The molecule has 2 N–H and O–H groups in total. The van der Waals surface area contributed by atoms with E-state index in [1.54, 1.807) is 19.2 Å². The van der Waals surface area contributed by atoms with Crippen LogP contribution < -0.4 is 10.0 Å². The van der Waals surface area contributed by atoms with E-state index in [4.69, 9.17) is 0 Å². The maximum Gasteiger partial charge on any atom is 0.301 e. The standard InChI is InChI=1S/C11H19N3O2S/c1-9(2)14(4)17(15,16)13-11-7-5-10(12-3)6-8-11/h5-9,12-13H,1-4H3. The third-order valence-electron chi connectivity index (χ3n) is 2.53. The van der Waals surface area contributed by atoms with Gasteiger partial charge in [0.25, 0.3) is 0 Å². The van der Waals surface area contributed by atoms with Gasteiger partial charge in [0.1, 0.15) is 0 Å². The quantitative estimate of drug-likeness (QED) is 0.844. The lowest BCUT2D eigenvalue weighted by atomic mass is 10.3. The van der Waals surface area contributed by atoms with Gasteiger partial charge in [-0.1, -0.05) is 0 Å². The van der Waals surface area contributed by atoms with Crippen LogP contribution in [0.2, 0.25) is 0 Å². The van der Waals surface area contributed by atoms with Crippen LogP contribution in [0, 0.1) is 0 Å². The van der Waals surface area contributed by atoms with Crippen LogP contribution in [-0.2, 0) is 10.2 Å². The molecule has 17 heavy (non-hydrogen) atoms. The zero-order chi connectivity index (χ0) is 13.1. The average molecular weight is 257 g/mol. The van der Waals surface area contributed by atoms with Crippen molar-refractivity contribution in [3.8, 4) is 0 Å². The molecule has 5 nitrogen and oxygen atoms in total. The molecule has 0 amide bonds. The molecule has 0 bridgehead atoms. The molecule has 1 aromatic rings. The van der Waals surface area contributed by atoms with E-state index in [1.165, 1.54) is 4.31 Å². The Balaban J connectivity index is 2.83. The molecule has 96 valence electrons. The first-order valence-electron chi connectivity index (χ1n) is 5.40. The zero-order valence-electron chi connectivity index (χ0n) is 10.6. The smallest absolute Gasteiger partial charge is 0.301 e. The van der Waals surface area contributed by atoms with E-state index in [1.807, 2.05) is 33.0 Å². The summed E-state index contributed by atoms with van der Waals surface area (Å²) in [6.45, 7) is 3.65. The molecule has 0 saturated carbocycles. The minimum absolute atomic E-state index is 0.0796. The van der Waals surface area contributed by atoms with Crippen LogP contribution in [0.1, 0.15) is 13.8 Å². The van der Waals surface area contributed by atoms with E-state index in [0.29, 0.717) is 5.69 Å². The fourth-order valence-electron chi connectivity index (χ4n) is 1.20. The van der Waals surface area contributed by atoms with Crippen LogP contribution in [-0.4, -0.2) is 32.9 Å². The summed E-state index contributed by atoms with van der Waals surface area (Å²) < 4.78 is 27.6. The summed E-state index contributed by atoms with van der Waals surface area (Å²) in [5.41, 5.74) is 1.49. The van der Waals surface area contributed by atoms with Gasteiger partial charge in [0.05, 0.1) is 0 Å². The molecule has 0 aliphatic heterocycles. The van der Waals surface area contributed by atoms with Gasteiger partial charge in [-0.05, 0) is 38.1 Å². The summed E-state index contributed by atoms with van der Waals surface area (Å²) in [5, 5.41) is 2.97. The second kappa shape index (κ2) is 5.37. The lowest BCUT2D eigenvalue weighted by Crippen LogP contribution is -2.37. The van der Waals surface area contributed by atoms with Gasteiger partial charge in [0, 0.05) is 31.5 Å². The Kier molecular flexibility index (Phi) is 4.36. The Hall–Kier alpha value is -1.27. The molecule has 0 atom stereocenters. The van der Waals surface area contributed by atoms with Gasteiger partial charge >= 0.3 is 10.2 Å². The normalized spacial score (nSPS) is 11.9. The molecule has 0 heterocycles. The van der Waals surface area contributed by atoms with E-state index < -0.39 is 10.2 Å². The number of hydrogen-bond donors (Lipinski definition) is 2. The Bertz CT molecular complexity index is 454. The maximum absolute atomic E-state index is 11.9. The minimum Gasteiger partial charge on any atom is -0.388 e. The third-order valence-corrected chi connectivity index (χ3v) is 4.20. The van der Waals surface area contributed by atoms with E-state index in [0.717, 1.165) is 5.69 Å². The number of hydrogen-bond acceptors (Lipinski definition) is 3. The molecular formula is C11H19N3O2S. The third kappa shape index (κ3) is 3.61. The highest BCUT2D eigenvalue weighted by Crippen LogP contribution is 2.15. The SMILES string of the molecule is CNc1ccc(NS(=O)(=O)N(C)C(C)C)cc1. The van der Waals surface area contributed by atoms with Gasteiger partial charge in [0.2, 0.25) is 0 Å². The van der Waals surface area contributed by atoms with Crippen molar-refractivity contribution in [2.24, 2.45) is 0 Å². The molecule has 6 heteroatoms. The number of rotatable bonds is 5. The van der Waals surface area contributed by atoms with Crippen molar-refractivity contribution in [2.75, 3.05) is 24.1 Å². The van der Waals surface area contributed by atoms with Gasteiger partial charge < -0.3 is 5.32 Å². The van der Waals surface area contributed by atoms with Crippen molar-refractivity contribution in [1.82, 2.24) is 4.31 Å². The molecule has 0 aliphatic rings. The van der Waals surface area contributed by atoms with Gasteiger partial charge in [0.15, 0.2) is 0 Å². The number of anilines is 2. The number of nitrogens with one attached hydrogen (secondary N) is 2. The number of nitrogens with zero attached hydrogens (tertiary/aromatic N) is 1. The van der Waals surface area contributed by atoms with Gasteiger partial charge in [-0.3, -0.25) is 4.72 Å². The maximum atomic E-state index is 11.9. The fraction of sp³-hybridized carbons (Fsp3) is 0.455. The Morgan fingerprint density at radius 3 is 2.00 bits per heavy atom. The van der Waals surface area contributed by atoms with Crippen molar-refractivity contribution >= 4 is 21.6 Å². The van der Waals surface area contributed by atoms with E-state index in [-0.39, 0.29) is 6.04 Å². The van der Waals surface area contributed by atoms with Crippen molar-refractivity contribution < 1.29 is 8.42 Å². The predicted molar refractivity (Wildman–Crippen MR) is 71.4 cm³/mol. The van der Waals surface area contributed by atoms with Crippen molar-refractivity contribution in [3.05, 3.63) is 24.3 Å². The molecule has 1 aromatic carbocycles. The van der Waals surface area contributed by atoms with E-state index >= 15 is 0 Å². The van der Waals surface area contributed by atoms with E-state index in [9.17, 15) is 8.42 Å². The second-order valence-corrected chi connectivity index (χ2v) is 5.77. The molecule has 0 fully saturated rings. The predicted octanol–water partition coefficient (Wildman–Crippen LogP) is 1.73. The topological polar surface area (TPSA) is 61.4 Å². The van der Waals surface area contributed by atoms with Crippen molar-refractivity contribution in [2.45, 2.75) is 19.9 Å². The first-order chi connectivity index (χ1) is 7.86. The molecule has 1 rings (SSSR count). The lowest BCUT2D eigenvalue weighted by molar-refractivity contribution is 0.414. The highest BCUT2D eigenvalue weighted by Gasteiger charge is 2.19. The first kappa shape index (κ1) is 13.8. The van der Waals surface area contributed by atoms with Crippen LogP contribution in [0.3, 0.4) is 0 Å². The number of benzene rings is 1. The largest absolute Gasteiger partial charge is 0.388 e. The monoisotopic (exact) mass is 257 g/mol. The Labute approximate surface area is 103 Å². The van der Waals surface area contributed by atoms with Crippen LogP contribution >= 0.6 is 0 Å². The summed E-state index contributed by atoms with van der Waals surface area (Å²) in [6, 6.07) is 6.99. The average Bonchev–Trinajstić information content (AvgIpc) is 2.28. The highest BCUT2D eigenvalue weighted by molar-refractivity contribution is 7.90. The molecule has 0 saturated heterocycles. The summed E-state index contributed by atoms with van der Waals surface area (Å²) >= 11 is 0. The molecular weight excluding hydrogens is 238 g/mol. The summed E-state index contributed by atoms with van der Waals surface area (Å²) in [6.07, 6.45) is 0.